The number of aromatic nitrogens is 2. The highest BCUT2D eigenvalue weighted by molar-refractivity contribution is 5.75. The predicted molar refractivity (Wildman–Crippen MR) is 71.7 cm³/mol. The zero-order chi connectivity index (χ0) is 13.5. The molecule has 19 heavy (non-hydrogen) atoms. The predicted octanol–water partition coefficient (Wildman–Crippen LogP) is 0.602. The first-order chi connectivity index (χ1) is 9.25. The maximum Gasteiger partial charge on any atom is 0.253 e. The minimum atomic E-state index is -0.229. The van der Waals surface area contributed by atoms with Gasteiger partial charge in [-0.05, 0) is 12.0 Å². The third kappa shape index (κ3) is 4.06. The van der Waals surface area contributed by atoms with Crippen LogP contribution in [0.2, 0.25) is 0 Å². The van der Waals surface area contributed by atoms with Crippen molar-refractivity contribution in [3.8, 4) is 0 Å². The van der Waals surface area contributed by atoms with Crippen molar-refractivity contribution in [3.05, 3.63) is 64.8 Å². The Morgan fingerprint density at radius 1 is 1.21 bits per heavy atom. The van der Waals surface area contributed by atoms with E-state index in [-0.39, 0.29) is 18.0 Å². The number of hydrogen-bond acceptors (Lipinski definition) is 3. The van der Waals surface area contributed by atoms with E-state index < -0.39 is 0 Å². The van der Waals surface area contributed by atoms with Crippen molar-refractivity contribution >= 4 is 5.91 Å². The molecular formula is C14H15N3O2. The monoisotopic (exact) mass is 257 g/mol. The van der Waals surface area contributed by atoms with E-state index in [1.165, 1.54) is 28.7 Å². The molecule has 2 aromatic rings. The van der Waals surface area contributed by atoms with Gasteiger partial charge in [-0.25, -0.2) is 4.98 Å². The summed E-state index contributed by atoms with van der Waals surface area (Å²) < 4.78 is 1.28. The fourth-order valence-electron chi connectivity index (χ4n) is 1.70. The van der Waals surface area contributed by atoms with Gasteiger partial charge in [0.05, 0.1) is 6.33 Å². The summed E-state index contributed by atoms with van der Waals surface area (Å²) in [6.07, 6.45) is 3.54. The molecule has 0 spiro atoms. The van der Waals surface area contributed by atoms with E-state index in [0.29, 0.717) is 6.54 Å². The Bertz CT molecular complexity index is 593. The van der Waals surface area contributed by atoms with Crippen LogP contribution in [0.5, 0.6) is 0 Å². The molecular weight excluding hydrogens is 242 g/mol. The molecule has 0 aliphatic heterocycles. The molecule has 5 nitrogen and oxygen atoms in total. The van der Waals surface area contributed by atoms with Crippen LogP contribution in [0, 0.1) is 0 Å². The molecule has 0 radical (unpaired) electrons. The minimum Gasteiger partial charge on any atom is -0.354 e. The van der Waals surface area contributed by atoms with Crippen molar-refractivity contribution in [2.45, 2.75) is 13.0 Å². The summed E-state index contributed by atoms with van der Waals surface area (Å²) >= 11 is 0. The van der Waals surface area contributed by atoms with Gasteiger partial charge in [-0.1, -0.05) is 30.3 Å². The van der Waals surface area contributed by atoms with E-state index in [4.69, 9.17) is 0 Å². The van der Waals surface area contributed by atoms with Crippen molar-refractivity contribution in [3.63, 3.8) is 0 Å². The average Bonchev–Trinajstić information content (AvgIpc) is 2.43. The molecule has 0 saturated heterocycles. The maximum atomic E-state index is 11.7. The lowest BCUT2D eigenvalue weighted by atomic mass is 10.1. The molecule has 0 aliphatic rings. The number of carbonyl (C=O) groups excluding carboxylic acids is 1. The van der Waals surface area contributed by atoms with Gasteiger partial charge in [0.25, 0.3) is 5.56 Å². The third-order valence-corrected chi connectivity index (χ3v) is 2.68. The summed E-state index contributed by atoms with van der Waals surface area (Å²) in [6, 6.07) is 11.2. The molecule has 1 amide bonds. The van der Waals surface area contributed by atoms with Crippen molar-refractivity contribution in [2.75, 3.05) is 6.54 Å². The van der Waals surface area contributed by atoms with Gasteiger partial charge in [0.2, 0.25) is 5.91 Å². The number of carbonyl (C=O) groups is 1. The lowest BCUT2D eigenvalue weighted by Crippen LogP contribution is -2.33. The largest absolute Gasteiger partial charge is 0.354 e. The second-order valence-electron chi connectivity index (χ2n) is 4.13. The average molecular weight is 257 g/mol. The number of hydrogen-bond donors (Lipinski definition) is 1. The van der Waals surface area contributed by atoms with Crippen LogP contribution in [0.1, 0.15) is 5.56 Å². The number of rotatable bonds is 5. The molecule has 0 saturated carbocycles. The molecule has 0 aliphatic carbocycles. The summed E-state index contributed by atoms with van der Waals surface area (Å²) in [5, 5.41) is 2.78. The standard InChI is InChI=1S/C14H15N3O2/c18-13(10-17-11-15-8-7-14(17)19)16-9-6-12-4-2-1-3-5-12/h1-5,7-8,11H,6,9-10H2,(H,16,18). The number of nitrogens with zero attached hydrogens (tertiary/aromatic N) is 2. The highest BCUT2D eigenvalue weighted by atomic mass is 16.2. The second kappa shape index (κ2) is 6.49. The summed E-state index contributed by atoms with van der Waals surface area (Å²) in [5.41, 5.74) is 0.939. The van der Waals surface area contributed by atoms with Gasteiger partial charge in [0.15, 0.2) is 0 Å². The van der Waals surface area contributed by atoms with Gasteiger partial charge in [0.1, 0.15) is 6.54 Å². The first-order valence-electron chi connectivity index (χ1n) is 6.07. The molecule has 1 N–H and O–H groups in total. The SMILES string of the molecule is O=C(Cn1cnccc1=O)NCCc1ccccc1. The molecule has 1 aromatic heterocycles. The van der Waals surface area contributed by atoms with Crippen molar-refractivity contribution in [1.82, 2.24) is 14.9 Å². The fraction of sp³-hybridized carbons (Fsp3) is 0.214. The van der Waals surface area contributed by atoms with Crippen LogP contribution in [-0.4, -0.2) is 22.0 Å². The summed E-state index contributed by atoms with van der Waals surface area (Å²) in [6.45, 7) is 0.555. The molecule has 1 heterocycles. The molecule has 98 valence electrons. The molecule has 2 rings (SSSR count). The first-order valence-corrected chi connectivity index (χ1v) is 6.07. The fourth-order valence-corrected chi connectivity index (χ4v) is 1.70. The smallest absolute Gasteiger partial charge is 0.253 e. The van der Waals surface area contributed by atoms with Crippen molar-refractivity contribution < 1.29 is 4.79 Å². The van der Waals surface area contributed by atoms with E-state index in [1.807, 2.05) is 30.3 Å². The molecule has 0 atom stereocenters. The van der Waals surface area contributed by atoms with Gasteiger partial charge in [-0.3, -0.25) is 14.2 Å². The topological polar surface area (TPSA) is 64.0 Å². The van der Waals surface area contributed by atoms with Crippen LogP contribution in [0.4, 0.5) is 0 Å². The summed E-state index contributed by atoms with van der Waals surface area (Å²) in [7, 11) is 0. The van der Waals surface area contributed by atoms with Gasteiger partial charge in [-0.2, -0.15) is 0 Å². The number of nitrogens with one attached hydrogen (secondary N) is 1. The Kier molecular flexibility index (Phi) is 4.44. The van der Waals surface area contributed by atoms with E-state index in [9.17, 15) is 9.59 Å². The van der Waals surface area contributed by atoms with Crippen LogP contribution in [0.25, 0.3) is 0 Å². The second-order valence-corrected chi connectivity index (χ2v) is 4.13. The summed E-state index contributed by atoms with van der Waals surface area (Å²) in [4.78, 5) is 26.9. The van der Waals surface area contributed by atoms with Gasteiger partial charge in [0, 0.05) is 18.8 Å². The molecule has 5 heteroatoms. The van der Waals surface area contributed by atoms with Gasteiger partial charge in [-0.15, -0.1) is 0 Å². The molecule has 0 fully saturated rings. The Hall–Kier alpha value is -2.43. The van der Waals surface area contributed by atoms with Gasteiger partial charge >= 0.3 is 0 Å². The normalized spacial score (nSPS) is 10.1. The van der Waals surface area contributed by atoms with Crippen LogP contribution >= 0.6 is 0 Å². The Labute approximate surface area is 110 Å². The highest BCUT2D eigenvalue weighted by Crippen LogP contribution is 1.97. The van der Waals surface area contributed by atoms with Crippen LogP contribution in [0.3, 0.4) is 0 Å². The maximum absolute atomic E-state index is 11.7. The molecule has 0 bridgehead atoms. The lowest BCUT2D eigenvalue weighted by Gasteiger charge is -2.06. The van der Waals surface area contributed by atoms with Crippen molar-refractivity contribution in [1.29, 1.82) is 0 Å². The number of amides is 1. The van der Waals surface area contributed by atoms with E-state index in [2.05, 4.69) is 10.3 Å². The van der Waals surface area contributed by atoms with E-state index >= 15 is 0 Å². The Balaban J connectivity index is 1.79. The summed E-state index contributed by atoms with van der Waals surface area (Å²) in [5.74, 6) is -0.189. The first kappa shape index (κ1) is 13.0. The molecule has 1 aromatic carbocycles. The van der Waals surface area contributed by atoms with Crippen LogP contribution < -0.4 is 10.9 Å². The zero-order valence-corrected chi connectivity index (χ0v) is 10.5. The molecule has 0 unspecified atom stereocenters. The third-order valence-electron chi connectivity index (χ3n) is 2.68. The highest BCUT2D eigenvalue weighted by Gasteiger charge is 2.03. The van der Waals surface area contributed by atoms with Crippen LogP contribution in [-0.2, 0) is 17.8 Å². The van der Waals surface area contributed by atoms with Gasteiger partial charge < -0.3 is 5.32 Å². The Morgan fingerprint density at radius 2 is 2.00 bits per heavy atom. The Morgan fingerprint density at radius 3 is 2.74 bits per heavy atom. The lowest BCUT2D eigenvalue weighted by molar-refractivity contribution is -0.121. The quantitative estimate of drug-likeness (QED) is 0.853. The van der Waals surface area contributed by atoms with Crippen molar-refractivity contribution in [2.24, 2.45) is 0 Å². The van der Waals surface area contributed by atoms with Crippen LogP contribution in [0.15, 0.2) is 53.7 Å². The van der Waals surface area contributed by atoms with E-state index in [1.54, 1.807) is 0 Å². The minimum absolute atomic E-state index is 0.00145. The number of benzene rings is 1. The zero-order valence-electron chi connectivity index (χ0n) is 10.5. The van der Waals surface area contributed by atoms with E-state index in [0.717, 1.165) is 6.42 Å².